The van der Waals surface area contributed by atoms with Gasteiger partial charge in [-0.15, -0.1) is 0 Å². The molecule has 0 unspecified atom stereocenters. The summed E-state index contributed by atoms with van der Waals surface area (Å²) in [5, 5.41) is 0.702. The average Bonchev–Trinajstić information content (AvgIpc) is 2.41. The number of halogens is 1. The highest BCUT2D eigenvalue weighted by Gasteiger charge is 2.22. The number of aryl methyl sites for hydroxylation is 1. The van der Waals surface area contributed by atoms with Crippen LogP contribution in [0.25, 0.3) is 0 Å². The van der Waals surface area contributed by atoms with Crippen molar-refractivity contribution in [2.45, 2.75) is 19.8 Å². The molecule has 0 bridgehead atoms. The third-order valence-electron chi connectivity index (χ3n) is 3.64. The summed E-state index contributed by atoms with van der Waals surface area (Å²) in [6.45, 7) is 4.26. The van der Waals surface area contributed by atoms with E-state index in [1.54, 1.807) is 12.1 Å². The van der Waals surface area contributed by atoms with Crippen LogP contribution in [0.5, 0.6) is 0 Å². The van der Waals surface area contributed by atoms with Gasteiger partial charge in [-0.05, 0) is 56.0 Å². The van der Waals surface area contributed by atoms with Gasteiger partial charge in [0.05, 0.1) is 0 Å². The second-order valence-electron chi connectivity index (χ2n) is 4.94. The van der Waals surface area contributed by atoms with Crippen LogP contribution < -0.4 is 5.73 Å². The Morgan fingerprint density at radius 1 is 1.44 bits per heavy atom. The molecule has 1 aromatic carbocycles. The Balaban J connectivity index is 2.05. The Hall–Kier alpha value is -1.06. The van der Waals surface area contributed by atoms with Crippen molar-refractivity contribution in [2.24, 2.45) is 11.7 Å². The Morgan fingerprint density at radius 3 is 2.67 bits per heavy atom. The van der Waals surface area contributed by atoms with Crippen LogP contribution in [0.15, 0.2) is 18.2 Å². The first-order chi connectivity index (χ1) is 8.61. The highest BCUT2D eigenvalue weighted by Crippen LogP contribution is 2.21. The van der Waals surface area contributed by atoms with Crippen molar-refractivity contribution in [3.05, 3.63) is 34.3 Å². The van der Waals surface area contributed by atoms with E-state index in [9.17, 15) is 4.79 Å². The van der Waals surface area contributed by atoms with Gasteiger partial charge in [-0.1, -0.05) is 11.6 Å². The fraction of sp³-hybridized carbons (Fsp3) is 0.500. The number of nitrogens with two attached hydrogens (primary N) is 1. The van der Waals surface area contributed by atoms with Crippen molar-refractivity contribution in [3.8, 4) is 0 Å². The number of hydrogen-bond acceptors (Lipinski definition) is 2. The number of rotatable bonds is 2. The van der Waals surface area contributed by atoms with Gasteiger partial charge in [-0.3, -0.25) is 4.79 Å². The third kappa shape index (κ3) is 2.85. The lowest BCUT2D eigenvalue weighted by Crippen LogP contribution is -2.40. The third-order valence-corrected chi connectivity index (χ3v) is 4.06. The Kier molecular flexibility index (Phi) is 4.25. The normalized spacial score (nSPS) is 16.9. The zero-order valence-corrected chi connectivity index (χ0v) is 11.4. The van der Waals surface area contributed by atoms with E-state index >= 15 is 0 Å². The molecule has 18 heavy (non-hydrogen) atoms. The van der Waals surface area contributed by atoms with Gasteiger partial charge >= 0.3 is 0 Å². The van der Waals surface area contributed by atoms with Crippen LogP contribution >= 0.6 is 11.6 Å². The van der Waals surface area contributed by atoms with E-state index < -0.39 is 0 Å². The zero-order valence-electron chi connectivity index (χ0n) is 10.7. The number of likely N-dealkylation sites (tertiary alicyclic amines) is 1. The molecule has 0 aromatic heterocycles. The van der Waals surface area contributed by atoms with Crippen molar-refractivity contribution >= 4 is 17.5 Å². The molecule has 3 nitrogen and oxygen atoms in total. The molecule has 1 aromatic rings. The molecule has 2 rings (SSSR count). The van der Waals surface area contributed by atoms with Gasteiger partial charge in [0.15, 0.2) is 0 Å². The van der Waals surface area contributed by atoms with E-state index in [4.69, 9.17) is 17.3 Å². The molecular formula is C14H19ClN2O. The van der Waals surface area contributed by atoms with E-state index in [1.807, 2.05) is 17.9 Å². The minimum Gasteiger partial charge on any atom is -0.339 e. The molecule has 1 heterocycles. The minimum atomic E-state index is 0.102. The van der Waals surface area contributed by atoms with E-state index in [0.717, 1.165) is 43.6 Å². The predicted octanol–water partition coefficient (Wildman–Crippen LogP) is 2.46. The first-order valence-corrected chi connectivity index (χ1v) is 6.75. The minimum absolute atomic E-state index is 0.102. The summed E-state index contributed by atoms with van der Waals surface area (Å²) in [5.41, 5.74) is 7.32. The molecule has 1 aliphatic rings. The van der Waals surface area contributed by atoms with Gasteiger partial charge in [0, 0.05) is 23.7 Å². The summed E-state index contributed by atoms with van der Waals surface area (Å²) in [6, 6.07) is 5.45. The molecule has 0 saturated carbocycles. The van der Waals surface area contributed by atoms with Crippen LogP contribution in [0.1, 0.15) is 28.8 Å². The number of hydrogen-bond donors (Lipinski definition) is 1. The first-order valence-electron chi connectivity index (χ1n) is 6.37. The lowest BCUT2D eigenvalue weighted by Gasteiger charge is -2.31. The molecule has 1 aliphatic heterocycles. The molecule has 0 spiro atoms. The largest absolute Gasteiger partial charge is 0.339 e. The smallest absolute Gasteiger partial charge is 0.253 e. The molecule has 0 atom stereocenters. The van der Waals surface area contributed by atoms with Crippen LogP contribution in [-0.2, 0) is 0 Å². The van der Waals surface area contributed by atoms with E-state index in [0.29, 0.717) is 10.9 Å². The molecule has 4 heteroatoms. The van der Waals surface area contributed by atoms with Crippen LogP contribution in [0.2, 0.25) is 5.02 Å². The maximum Gasteiger partial charge on any atom is 0.253 e. The molecule has 98 valence electrons. The highest BCUT2D eigenvalue weighted by atomic mass is 35.5. The molecular weight excluding hydrogens is 248 g/mol. The molecule has 0 aliphatic carbocycles. The summed E-state index contributed by atoms with van der Waals surface area (Å²) in [5.74, 6) is 0.672. The van der Waals surface area contributed by atoms with Crippen molar-refractivity contribution in [1.82, 2.24) is 4.90 Å². The van der Waals surface area contributed by atoms with Gasteiger partial charge in [0.25, 0.3) is 5.91 Å². The number of nitrogens with zero attached hydrogens (tertiary/aromatic N) is 1. The van der Waals surface area contributed by atoms with Crippen LogP contribution in [-0.4, -0.2) is 30.4 Å². The number of piperidine rings is 1. The summed E-state index contributed by atoms with van der Waals surface area (Å²) in [6.07, 6.45) is 2.02. The van der Waals surface area contributed by atoms with Gasteiger partial charge in [-0.25, -0.2) is 0 Å². The van der Waals surface area contributed by atoms with Gasteiger partial charge < -0.3 is 10.6 Å². The Labute approximate surface area is 113 Å². The van der Waals surface area contributed by atoms with Crippen LogP contribution in [0.3, 0.4) is 0 Å². The second kappa shape index (κ2) is 5.72. The monoisotopic (exact) mass is 266 g/mol. The molecule has 2 N–H and O–H groups in total. The van der Waals surface area contributed by atoms with E-state index in [2.05, 4.69) is 0 Å². The Morgan fingerprint density at radius 2 is 2.11 bits per heavy atom. The maximum absolute atomic E-state index is 12.3. The number of carbonyl (C=O) groups is 1. The van der Waals surface area contributed by atoms with Crippen LogP contribution in [0.4, 0.5) is 0 Å². The summed E-state index contributed by atoms with van der Waals surface area (Å²) in [7, 11) is 0. The SMILES string of the molecule is Cc1cc(C(=O)N2CCC(CN)CC2)ccc1Cl. The molecule has 1 fully saturated rings. The second-order valence-corrected chi connectivity index (χ2v) is 5.34. The molecule has 0 radical (unpaired) electrons. The maximum atomic E-state index is 12.3. The lowest BCUT2D eigenvalue weighted by molar-refractivity contribution is 0.0693. The van der Waals surface area contributed by atoms with Gasteiger partial charge in [0.2, 0.25) is 0 Å². The molecule has 1 amide bonds. The predicted molar refractivity (Wildman–Crippen MR) is 73.9 cm³/mol. The fourth-order valence-corrected chi connectivity index (χ4v) is 2.45. The Bertz CT molecular complexity index is 439. The van der Waals surface area contributed by atoms with Gasteiger partial charge in [-0.2, -0.15) is 0 Å². The van der Waals surface area contributed by atoms with Gasteiger partial charge in [0.1, 0.15) is 0 Å². The average molecular weight is 267 g/mol. The summed E-state index contributed by atoms with van der Waals surface area (Å²) < 4.78 is 0. The van der Waals surface area contributed by atoms with E-state index in [1.165, 1.54) is 0 Å². The lowest BCUT2D eigenvalue weighted by atomic mass is 9.96. The van der Waals surface area contributed by atoms with Crippen molar-refractivity contribution < 1.29 is 4.79 Å². The number of carbonyl (C=O) groups excluding carboxylic acids is 1. The quantitative estimate of drug-likeness (QED) is 0.894. The molecule has 1 saturated heterocycles. The van der Waals surface area contributed by atoms with Crippen LogP contribution in [0, 0.1) is 12.8 Å². The van der Waals surface area contributed by atoms with E-state index in [-0.39, 0.29) is 5.91 Å². The standard InChI is InChI=1S/C14H19ClN2O/c1-10-8-12(2-3-13(10)15)14(18)17-6-4-11(9-16)5-7-17/h2-3,8,11H,4-7,9,16H2,1H3. The van der Waals surface area contributed by atoms with Crippen molar-refractivity contribution in [1.29, 1.82) is 0 Å². The summed E-state index contributed by atoms with van der Waals surface area (Å²) in [4.78, 5) is 14.2. The topological polar surface area (TPSA) is 46.3 Å². The number of amides is 1. The number of benzene rings is 1. The zero-order chi connectivity index (χ0) is 13.1. The van der Waals surface area contributed by atoms with Crippen molar-refractivity contribution in [2.75, 3.05) is 19.6 Å². The first kappa shape index (κ1) is 13.4. The fourth-order valence-electron chi connectivity index (χ4n) is 2.33. The summed E-state index contributed by atoms with van der Waals surface area (Å²) >= 11 is 5.97. The highest BCUT2D eigenvalue weighted by molar-refractivity contribution is 6.31. The van der Waals surface area contributed by atoms with Crippen molar-refractivity contribution in [3.63, 3.8) is 0 Å².